The average Bonchev–Trinajstić information content (AvgIpc) is 3.06. The van der Waals surface area contributed by atoms with Crippen LogP contribution < -0.4 is 20.1 Å². The van der Waals surface area contributed by atoms with Crippen molar-refractivity contribution in [3.63, 3.8) is 0 Å². The van der Waals surface area contributed by atoms with Crippen molar-refractivity contribution in [1.82, 2.24) is 0 Å². The molecule has 0 aliphatic rings. The highest BCUT2D eigenvalue weighted by Crippen LogP contribution is 2.33. The van der Waals surface area contributed by atoms with Crippen LogP contribution in [0.5, 0.6) is 11.5 Å². The molecule has 2 N–H and O–H groups in total. The number of rotatable bonds is 6. The molecule has 0 saturated heterocycles. The summed E-state index contributed by atoms with van der Waals surface area (Å²) < 4.78 is 16.1. The number of hydrogen-bond donors (Lipinski definition) is 2. The minimum Gasteiger partial charge on any atom is -0.493 e. The molecular weight excluding hydrogens is 384 g/mol. The molecule has 0 saturated carbocycles. The van der Waals surface area contributed by atoms with E-state index in [9.17, 15) is 9.59 Å². The lowest BCUT2D eigenvalue weighted by Gasteiger charge is -2.11. The van der Waals surface area contributed by atoms with Gasteiger partial charge in [-0.05, 0) is 31.2 Å². The van der Waals surface area contributed by atoms with Gasteiger partial charge in [-0.2, -0.15) is 0 Å². The smallest absolute Gasteiger partial charge is 0.293 e. The van der Waals surface area contributed by atoms with E-state index in [1.54, 1.807) is 49.4 Å². The summed E-state index contributed by atoms with van der Waals surface area (Å²) in [4.78, 5) is 24.9. The number of para-hydroxylation sites is 1. The van der Waals surface area contributed by atoms with Crippen LogP contribution >= 0.6 is 11.6 Å². The van der Waals surface area contributed by atoms with E-state index in [1.807, 2.05) is 0 Å². The third-order valence-electron chi connectivity index (χ3n) is 4.05. The molecule has 7 nitrogen and oxygen atoms in total. The van der Waals surface area contributed by atoms with Crippen molar-refractivity contribution in [2.45, 2.75) is 12.3 Å². The molecule has 0 bridgehead atoms. The molecule has 2 aromatic carbocycles. The molecule has 28 heavy (non-hydrogen) atoms. The molecular formula is C20H19ClN2O5. The Hall–Kier alpha value is -3.19. The maximum Gasteiger partial charge on any atom is 0.293 e. The number of benzene rings is 2. The van der Waals surface area contributed by atoms with Crippen molar-refractivity contribution in [3.05, 3.63) is 48.2 Å². The quantitative estimate of drug-likeness (QED) is 0.601. The van der Waals surface area contributed by atoms with Gasteiger partial charge in [0.25, 0.3) is 5.91 Å². The molecule has 3 rings (SSSR count). The van der Waals surface area contributed by atoms with Gasteiger partial charge in [-0.15, -0.1) is 11.6 Å². The summed E-state index contributed by atoms with van der Waals surface area (Å²) in [7, 11) is 3.03. The van der Waals surface area contributed by atoms with E-state index in [4.69, 9.17) is 25.5 Å². The summed E-state index contributed by atoms with van der Waals surface area (Å²) in [6, 6.07) is 12.0. The summed E-state index contributed by atoms with van der Waals surface area (Å²) >= 11 is 5.85. The number of methoxy groups -OCH3 is 2. The van der Waals surface area contributed by atoms with Gasteiger partial charge in [0.2, 0.25) is 11.7 Å². The minimum absolute atomic E-state index is 0.0262. The zero-order valence-electron chi connectivity index (χ0n) is 15.5. The fraction of sp³-hybridized carbons (Fsp3) is 0.200. The maximum atomic E-state index is 12.8. The van der Waals surface area contributed by atoms with E-state index >= 15 is 0 Å². The van der Waals surface area contributed by atoms with Crippen molar-refractivity contribution in [1.29, 1.82) is 0 Å². The van der Waals surface area contributed by atoms with Crippen LogP contribution in [-0.2, 0) is 4.79 Å². The fourth-order valence-corrected chi connectivity index (χ4v) is 2.71. The molecule has 0 unspecified atom stereocenters. The number of amides is 2. The van der Waals surface area contributed by atoms with Crippen LogP contribution in [0, 0.1) is 0 Å². The topological polar surface area (TPSA) is 89.8 Å². The molecule has 3 aromatic rings. The van der Waals surface area contributed by atoms with Crippen LogP contribution in [0.15, 0.2) is 46.9 Å². The van der Waals surface area contributed by atoms with Gasteiger partial charge < -0.3 is 24.5 Å². The van der Waals surface area contributed by atoms with E-state index < -0.39 is 17.2 Å². The first-order valence-electron chi connectivity index (χ1n) is 8.44. The number of carbonyl (C=O) groups is 2. The Balaban J connectivity index is 1.96. The van der Waals surface area contributed by atoms with Gasteiger partial charge in [-0.25, -0.2) is 0 Å². The summed E-state index contributed by atoms with van der Waals surface area (Å²) in [5, 5.41) is 5.24. The monoisotopic (exact) mass is 402 g/mol. The Morgan fingerprint density at radius 3 is 2.43 bits per heavy atom. The molecule has 0 radical (unpaired) electrons. The first-order chi connectivity index (χ1) is 13.4. The van der Waals surface area contributed by atoms with Crippen LogP contribution in [0.4, 0.5) is 11.4 Å². The number of nitrogens with one attached hydrogen (secondary N) is 2. The zero-order valence-corrected chi connectivity index (χ0v) is 16.3. The second-order valence-electron chi connectivity index (χ2n) is 5.93. The molecule has 0 spiro atoms. The van der Waals surface area contributed by atoms with Crippen LogP contribution in [-0.4, -0.2) is 31.4 Å². The summed E-state index contributed by atoms with van der Waals surface area (Å²) in [6.07, 6.45) is 0. The molecule has 2 amide bonds. The Bertz CT molecular complexity index is 1030. The van der Waals surface area contributed by atoms with Crippen LogP contribution in [0.1, 0.15) is 17.5 Å². The van der Waals surface area contributed by atoms with Gasteiger partial charge in [-0.3, -0.25) is 9.59 Å². The highest BCUT2D eigenvalue weighted by Gasteiger charge is 2.23. The maximum absolute atomic E-state index is 12.8. The van der Waals surface area contributed by atoms with Crippen molar-refractivity contribution in [3.8, 4) is 11.5 Å². The molecule has 8 heteroatoms. The number of carbonyl (C=O) groups excluding carboxylic acids is 2. The Labute approximate surface area is 166 Å². The lowest BCUT2D eigenvalue weighted by Crippen LogP contribution is -2.22. The van der Waals surface area contributed by atoms with E-state index in [2.05, 4.69) is 10.6 Å². The first-order valence-corrected chi connectivity index (χ1v) is 8.88. The molecule has 146 valence electrons. The summed E-state index contributed by atoms with van der Waals surface area (Å²) in [5.74, 6) is 0.0127. The minimum atomic E-state index is -0.768. The van der Waals surface area contributed by atoms with E-state index in [1.165, 1.54) is 14.2 Å². The normalized spacial score (nSPS) is 11.7. The predicted octanol–water partition coefficient (Wildman–Crippen LogP) is 4.27. The van der Waals surface area contributed by atoms with Crippen molar-refractivity contribution in [2.24, 2.45) is 0 Å². The highest BCUT2D eigenvalue weighted by molar-refractivity contribution is 6.33. The van der Waals surface area contributed by atoms with Gasteiger partial charge in [0.15, 0.2) is 11.5 Å². The predicted molar refractivity (Wildman–Crippen MR) is 108 cm³/mol. The van der Waals surface area contributed by atoms with Crippen molar-refractivity contribution in [2.75, 3.05) is 24.9 Å². The van der Waals surface area contributed by atoms with E-state index in [0.29, 0.717) is 28.2 Å². The highest BCUT2D eigenvalue weighted by atomic mass is 35.5. The standard InChI is InChI=1S/C20H19ClN2O5/c1-11(21)19(24)23-17-13-6-4-5-7-14(13)28-18(17)20(25)22-12-8-9-15(26-2)16(10-12)27-3/h4-11H,1-3H3,(H,22,25)(H,23,24)/t11-/m0/s1. The summed E-state index contributed by atoms with van der Waals surface area (Å²) in [5.41, 5.74) is 1.22. The summed E-state index contributed by atoms with van der Waals surface area (Å²) in [6.45, 7) is 1.54. The lowest BCUT2D eigenvalue weighted by molar-refractivity contribution is -0.115. The number of alkyl halides is 1. The molecule has 1 heterocycles. The lowest BCUT2D eigenvalue weighted by atomic mass is 10.2. The van der Waals surface area contributed by atoms with Gasteiger partial charge in [0.1, 0.15) is 16.6 Å². The molecule has 1 atom stereocenters. The van der Waals surface area contributed by atoms with Crippen molar-refractivity contribution >= 4 is 45.8 Å². The van der Waals surface area contributed by atoms with Crippen molar-refractivity contribution < 1.29 is 23.5 Å². The third kappa shape index (κ3) is 3.89. The number of fused-ring (bicyclic) bond motifs is 1. The molecule has 0 aliphatic carbocycles. The Morgan fingerprint density at radius 2 is 1.75 bits per heavy atom. The third-order valence-corrected chi connectivity index (χ3v) is 4.25. The molecule has 0 aliphatic heterocycles. The SMILES string of the molecule is COc1ccc(NC(=O)c2oc3ccccc3c2NC(=O)[C@H](C)Cl)cc1OC. The second kappa shape index (κ2) is 8.22. The zero-order chi connectivity index (χ0) is 20.3. The average molecular weight is 403 g/mol. The second-order valence-corrected chi connectivity index (χ2v) is 6.59. The van der Waals surface area contributed by atoms with Gasteiger partial charge in [-0.1, -0.05) is 12.1 Å². The van der Waals surface area contributed by atoms with Crippen LogP contribution in [0.25, 0.3) is 11.0 Å². The van der Waals surface area contributed by atoms with E-state index in [0.717, 1.165) is 0 Å². The van der Waals surface area contributed by atoms with E-state index in [-0.39, 0.29) is 11.4 Å². The number of ether oxygens (including phenoxy) is 2. The Morgan fingerprint density at radius 1 is 1.04 bits per heavy atom. The van der Waals surface area contributed by atoms with Gasteiger partial charge in [0, 0.05) is 17.1 Å². The number of hydrogen-bond acceptors (Lipinski definition) is 5. The number of furan rings is 1. The number of halogens is 1. The first kappa shape index (κ1) is 19.6. The van der Waals surface area contributed by atoms with Crippen LogP contribution in [0.2, 0.25) is 0 Å². The van der Waals surface area contributed by atoms with Gasteiger partial charge in [0.05, 0.1) is 14.2 Å². The Kier molecular flexibility index (Phi) is 5.75. The van der Waals surface area contributed by atoms with Crippen LogP contribution in [0.3, 0.4) is 0 Å². The molecule has 1 aromatic heterocycles. The largest absolute Gasteiger partial charge is 0.493 e. The molecule has 0 fully saturated rings. The fourth-order valence-electron chi connectivity index (χ4n) is 2.65. The number of anilines is 2. The van der Waals surface area contributed by atoms with Gasteiger partial charge >= 0.3 is 0 Å².